The van der Waals surface area contributed by atoms with E-state index in [-0.39, 0.29) is 26.1 Å². The van der Waals surface area contributed by atoms with E-state index in [9.17, 15) is 16.8 Å². The van der Waals surface area contributed by atoms with Crippen LogP contribution in [0.5, 0.6) is 0 Å². The van der Waals surface area contributed by atoms with Gasteiger partial charge in [0.05, 0.1) is 13.2 Å². The first-order valence-corrected chi connectivity index (χ1v) is 7.19. The van der Waals surface area contributed by atoms with Crippen molar-refractivity contribution in [2.24, 2.45) is 0 Å². The van der Waals surface area contributed by atoms with E-state index in [4.69, 9.17) is 0 Å². The highest BCUT2D eigenvalue weighted by Crippen LogP contribution is 2.34. The van der Waals surface area contributed by atoms with Crippen molar-refractivity contribution in [3.05, 3.63) is 0 Å². The number of hydrogen-bond donors (Lipinski definition) is 0. The molecule has 1 spiro atoms. The first-order valence-electron chi connectivity index (χ1n) is 4.53. The first-order chi connectivity index (χ1) is 7.33. The molecule has 0 aromatic rings. The van der Waals surface area contributed by atoms with Gasteiger partial charge in [-0.3, -0.25) is 0 Å². The Morgan fingerprint density at radius 3 is 2.00 bits per heavy atom. The van der Waals surface area contributed by atoms with E-state index < -0.39 is 26.6 Å². The third kappa shape index (κ3) is 2.70. The van der Waals surface area contributed by atoms with Gasteiger partial charge < -0.3 is 0 Å². The van der Waals surface area contributed by atoms with E-state index in [1.165, 1.54) is 0 Å². The average Bonchev–Trinajstić information content (AvgIpc) is 2.22. The van der Waals surface area contributed by atoms with E-state index in [1.54, 1.807) is 0 Å². The van der Waals surface area contributed by atoms with Gasteiger partial charge >= 0.3 is 20.8 Å². The molecule has 1 unspecified atom stereocenters. The monoisotopic (exact) mass is 274 g/mol. The molecule has 10 heteroatoms. The highest BCUT2D eigenvalue weighted by Gasteiger charge is 2.47. The van der Waals surface area contributed by atoms with Crippen molar-refractivity contribution in [2.45, 2.75) is 25.0 Å². The SMILES string of the molecule is O=S1(=O)OCCCC2(CCOS(=O)(=O)O2)O1. The maximum Gasteiger partial charge on any atom is 0.402 e. The standard InChI is InChI=1S/C6H10O8S2/c7-15(8)11-4-1-2-6(13-15)3-5-12-16(9,10)14-6/h1-5H2. The van der Waals surface area contributed by atoms with Gasteiger partial charge in [-0.15, -0.1) is 0 Å². The summed E-state index contributed by atoms with van der Waals surface area (Å²) >= 11 is 0. The van der Waals surface area contributed by atoms with Gasteiger partial charge in [0, 0.05) is 12.8 Å². The topological polar surface area (TPSA) is 105 Å². The molecule has 0 aliphatic carbocycles. The largest absolute Gasteiger partial charge is 0.402 e. The van der Waals surface area contributed by atoms with Crippen LogP contribution in [0, 0.1) is 0 Å². The van der Waals surface area contributed by atoms with Gasteiger partial charge in [0.2, 0.25) is 5.79 Å². The Labute approximate surface area is 93.1 Å². The van der Waals surface area contributed by atoms with Crippen molar-refractivity contribution < 1.29 is 33.6 Å². The van der Waals surface area contributed by atoms with Crippen LogP contribution >= 0.6 is 0 Å². The second-order valence-electron chi connectivity index (χ2n) is 3.39. The van der Waals surface area contributed by atoms with Crippen LogP contribution in [0.4, 0.5) is 0 Å². The molecule has 2 aliphatic rings. The van der Waals surface area contributed by atoms with Crippen LogP contribution in [0.1, 0.15) is 19.3 Å². The van der Waals surface area contributed by atoms with E-state index in [0.29, 0.717) is 6.42 Å². The molecule has 0 N–H and O–H groups in total. The summed E-state index contributed by atoms with van der Waals surface area (Å²) in [4.78, 5) is 0. The van der Waals surface area contributed by atoms with Crippen LogP contribution in [0.15, 0.2) is 0 Å². The van der Waals surface area contributed by atoms with E-state index in [0.717, 1.165) is 0 Å². The normalized spacial score (nSPS) is 38.0. The molecule has 8 nitrogen and oxygen atoms in total. The minimum atomic E-state index is -4.22. The van der Waals surface area contributed by atoms with Crippen LogP contribution in [0.2, 0.25) is 0 Å². The lowest BCUT2D eigenvalue weighted by Crippen LogP contribution is -2.44. The number of rotatable bonds is 0. The summed E-state index contributed by atoms with van der Waals surface area (Å²) in [5.41, 5.74) is 0. The maximum absolute atomic E-state index is 11.2. The zero-order valence-corrected chi connectivity index (χ0v) is 9.75. The van der Waals surface area contributed by atoms with Crippen LogP contribution in [-0.4, -0.2) is 35.8 Å². The molecule has 1 atom stereocenters. The molecule has 0 aromatic carbocycles. The second kappa shape index (κ2) is 3.89. The van der Waals surface area contributed by atoms with Gasteiger partial charge in [-0.2, -0.15) is 16.8 Å². The molecule has 0 amide bonds. The van der Waals surface area contributed by atoms with Crippen molar-refractivity contribution in [3.63, 3.8) is 0 Å². The van der Waals surface area contributed by atoms with Gasteiger partial charge in [0.25, 0.3) is 0 Å². The van der Waals surface area contributed by atoms with Crippen molar-refractivity contribution in [1.29, 1.82) is 0 Å². The van der Waals surface area contributed by atoms with Crippen LogP contribution < -0.4 is 0 Å². The van der Waals surface area contributed by atoms with Crippen LogP contribution in [0.25, 0.3) is 0 Å². The summed E-state index contributed by atoms with van der Waals surface area (Å²) in [6, 6.07) is 0. The van der Waals surface area contributed by atoms with Gasteiger partial charge in [0.1, 0.15) is 0 Å². The molecule has 0 saturated carbocycles. The van der Waals surface area contributed by atoms with E-state index in [2.05, 4.69) is 16.7 Å². The lowest BCUT2D eigenvalue weighted by molar-refractivity contribution is -0.146. The van der Waals surface area contributed by atoms with Gasteiger partial charge in [-0.1, -0.05) is 0 Å². The molecule has 94 valence electrons. The molecule has 2 saturated heterocycles. The summed E-state index contributed by atoms with van der Waals surface area (Å²) in [6.07, 6.45) is 0.429. The quantitative estimate of drug-likeness (QED) is 0.578. The van der Waals surface area contributed by atoms with Crippen molar-refractivity contribution >= 4 is 20.8 Å². The highest BCUT2D eigenvalue weighted by atomic mass is 32.3. The van der Waals surface area contributed by atoms with Crippen molar-refractivity contribution in [1.82, 2.24) is 0 Å². The minimum absolute atomic E-state index is 0.00875. The molecule has 0 radical (unpaired) electrons. The molecule has 2 heterocycles. The zero-order valence-electron chi connectivity index (χ0n) is 8.12. The Kier molecular flexibility index (Phi) is 2.97. The molecule has 16 heavy (non-hydrogen) atoms. The smallest absolute Gasteiger partial charge is 0.248 e. The minimum Gasteiger partial charge on any atom is -0.248 e. The predicted octanol–water partition coefficient (Wildman–Crippen LogP) is -0.564. The van der Waals surface area contributed by atoms with Gasteiger partial charge in [-0.05, 0) is 6.42 Å². The van der Waals surface area contributed by atoms with Gasteiger partial charge in [0.15, 0.2) is 0 Å². The van der Waals surface area contributed by atoms with Crippen molar-refractivity contribution in [3.8, 4) is 0 Å². The van der Waals surface area contributed by atoms with Crippen LogP contribution in [0.3, 0.4) is 0 Å². The summed E-state index contributed by atoms with van der Waals surface area (Å²) < 4.78 is 62.5. The third-order valence-electron chi connectivity index (χ3n) is 2.15. The lowest BCUT2D eigenvalue weighted by atomic mass is 10.1. The fourth-order valence-corrected chi connectivity index (χ4v) is 3.42. The third-order valence-corrected chi connectivity index (χ3v) is 4.07. The highest BCUT2D eigenvalue weighted by molar-refractivity contribution is 7.82. The van der Waals surface area contributed by atoms with E-state index >= 15 is 0 Å². The lowest BCUT2D eigenvalue weighted by Gasteiger charge is -2.32. The average molecular weight is 274 g/mol. The Hall–Kier alpha value is -0.260. The molecular formula is C6H10O8S2. The summed E-state index contributed by atoms with van der Waals surface area (Å²) in [6.45, 7) is -0.244. The fraction of sp³-hybridized carbons (Fsp3) is 1.00. The molecule has 0 bridgehead atoms. The molecule has 0 aromatic heterocycles. The molecule has 2 fully saturated rings. The zero-order chi connectivity index (χ0) is 11.9. The predicted molar refractivity (Wildman–Crippen MR) is 48.5 cm³/mol. The second-order valence-corrected chi connectivity index (χ2v) is 5.83. The maximum atomic E-state index is 11.2. The Morgan fingerprint density at radius 1 is 0.812 bits per heavy atom. The van der Waals surface area contributed by atoms with Crippen molar-refractivity contribution in [2.75, 3.05) is 13.2 Å². The summed E-state index contributed by atoms with van der Waals surface area (Å²) in [5.74, 6) is -1.72. The first kappa shape index (κ1) is 12.2. The summed E-state index contributed by atoms with van der Waals surface area (Å²) in [7, 11) is -8.42. The molecule has 2 aliphatic heterocycles. The number of hydrogen-bond acceptors (Lipinski definition) is 8. The fourth-order valence-electron chi connectivity index (χ4n) is 1.53. The Morgan fingerprint density at radius 2 is 1.38 bits per heavy atom. The van der Waals surface area contributed by atoms with Gasteiger partial charge in [-0.25, -0.2) is 16.7 Å². The van der Waals surface area contributed by atoms with E-state index in [1.807, 2.05) is 0 Å². The Bertz CT molecular complexity index is 465. The Balaban J connectivity index is 2.29. The molecule has 2 rings (SSSR count). The summed E-state index contributed by atoms with van der Waals surface area (Å²) in [5, 5.41) is 0. The van der Waals surface area contributed by atoms with Crippen LogP contribution in [-0.2, 0) is 37.5 Å². The molecular weight excluding hydrogens is 264 g/mol.